The normalized spacial score (nSPS) is 20.4. The number of carbonyl (C=O) groups excluding carboxylic acids is 2. The number of rotatable bonds is 4. The number of hydrogen-bond acceptors (Lipinski definition) is 5. The van der Waals surface area contributed by atoms with Crippen molar-refractivity contribution in [3.8, 4) is 0 Å². The van der Waals surface area contributed by atoms with Gasteiger partial charge in [0.2, 0.25) is 0 Å². The van der Waals surface area contributed by atoms with Gasteiger partial charge in [-0.15, -0.1) is 0 Å². The number of carbonyl (C=O) groups is 2. The van der Waals surface area contributed by atoms with Crippen LogP contribution < -0.4 is 4.90 Å². The van der Waals surface area contributed by atoms with Crippen LogP contribution in [0, 0.1) is 5.92 Å². The summed E-state index contributed by atoms with van der Waals surface area (Å²) in [6.45, 7) is 2.31. The zero-order valence-electron chi connectivity index (χ0n) is 11.2. The molecule has 0 aliphatic carbocycles. The second-order valence-electron chi connectivity index (χ2n) is 4.44. The van der Waals surface area contributed by atoms with Gasteiger partial charge in [0, 0.05) is 18.2 Å². The maximum Gasteiger partial charge on any atom is 0.306 e. The lowest BCUT2D eigenvalue weighted by Gasteiger charge is -2.15. The third kappa shape index (κ3) is 2.79. The summed E-state index contributed by atoms with van der Waals surface area (Å²) < 4.78 is 4.87. The van der Waals surface area contributed by atoms with Crippen LogP contribution in [0.1, 0.15) is 13.3 Å². The molecule has 1 aromatic carbocycles. The summed E-state index contributed by atoms with van der Waals surface area (Å²) in [6, 6.07) is 9.06. The Morgan fingerprint density at radius 1 is 1.45 bits per heavy atom. The van der Waals surface area contributed by atoms with Crippen molar-refractivity contribution in [2.45, 2.75) is 13.3 Å². The first kappa shape index (κ1) is 14.0. The largest absolute Gasteiger partial charge is 0.466 e. The lowest BCUT2D eigenvalue weighted by molar-refractivity contribution is -0.143. The number of para-hydroxylation sites is 1. The molecule has 1 aromatic rings. The van der Waals surface area contributed by atoms with Gasteiger partial charge in [0.25, 0.3) is 5.91 Å². The van der Waals surface area contributed by atoms with E-state index in [1.165, 1.54) is 4.90 Å². The zero-order valence-corrected chi connectivity index (χ0v) is 11.2. The molecule has 1 fully saturated rings. The molecule has 1 aliphatic heterocycles. The Balaban J connectivity index is 2.16. The number of oxime groups is 1. The monoisotopic (exact) mass is 276 g/mol. The Labute approximate surface area is 116 Å². The molecule has 1 unspecified atom stereocenters. The molecule has 1 N–H and O–H groups in total. The van der Waals surface area contributed by atoms with E-state index in [2.05, 4.69) is 5.16 Å². The van der Waals surface area contributed by atoms with Crippen LogP contribution in [-0.4, -0.2) is 35.9 Å². The first-order valence-electron chi connectivity index (χ1n) is 6.41. The number of ether oxygens (including phenoxy) is 1. The van der Waals surface area contributed by atoms with Gasteiger partial charge in [-0.1, -0.05) is 23.4 Å². The molecule has 2 rings (SSSR count). The number of nitrogens with zero attached hydrogens (tertiary/aromatic N) is 2. The van der Waals surface area contributed by atoms with E-state index in [4.69, 9.17) is 9.94 Å². The zero-order chi connectivity index (χ0) is 14.5. The van der Waals surface area contributed by atoms with Crippen molar-refractivity contribution in [3.63, 3.8) is 0 Å². The quantitative estimate of drug-likeness (QED) is 0.512. The summed E-state index contributed by atoms with van der Waals surface area (Å²) in [6.07, 6.45) is 0.0301. The van der Waals surface area contributed by atoms with Gasteiger partial charge in [0.15, 0.2) is 5.71 Å². The fourth-order valence-corrected chi connectivity index (χ4v) is 2.24. The molecule has 20 heavy (non-hydrogen) atoms. The van der Waals surface area contributed by atoms with E-state index in [0.717, 1.165) is 0 Å². The van der Waals surface area contributed by atoms with Crippen LogP contribution in [0.25, 0.3) is 0 Å². The molecule has 1 atom stereocenters. The standard InChI is InChI=1S/C14H16N2O4/c1-2-20-12(17)8-10-9-16(14(18)13(10)15-19)11-6-4-3-5-7-11/h3-7,10,19H,2,8-9H2,1H3/b15-13+. The van der Waals surface area contributed by atoms with Crippen LogP contribution in [0.4, 0.5) is 5.69 Å². The summed E-state index contributed by atoms with van der Waals surface area (Å²) in [5, 5.41) is 12.1. The van der Waals surface area contributed by atoms with Crippen LogP contribution in [0.15, 0.2) is 35.5 Å². The molecule has 1 heterocycles. The van der Waals surface area contributed by atoms with E-state index in [0.29, 0.717) is 12.2 Å². The van der Waals surface area contributed by atoms with Gasteiger partial charge in [-0.05, 0) is 19.1 Å². The Morgan fingerprint density at radius 3 is 2.75 bits per heavy atom. The van der Waals surface area contributed by atoms with E-state index in [-0.39, 0.29) is 24.6 Å². The van der Waals surface area contributed by atoms with Crippen molar-refractivity contribution >= 4 is 23.3 Å². The van der Waals surface area contributed by atoms with Crippen LogP contribution >= 0.6 is 0 Å². The number of hydrogen-bond donors (Lipinski definition) is 1. The fourth-order valence-electron chi connectivity index (χ4n) is 2.24. The maximum atomic E-state index is 12.2. The Bertz CT molecular complexity index is 527. The predicted octanol–water partition coefficient (Wildman–Crippen LogP) is 1.43. The number of esters is 1. The van der Waals surface area contributed by atoms with Crippen molar-refractivity contribution in [3.05, 3.63) is 30.3 Å². The molecule has 1 saturated heterocycles. The van der Waals surface area contributed by atoms with Crippen molar-refractivity contribution in [1.82, 2.24) is 0 Å². The average molecular weight is 276 g/mol. The van der Waals surface area contributed by atoms with Gasteiger partial charge < -0.3 is 14.8 Å². The second-order valence-corrected chi connectivity index (χ2v) is 4.44. The van der Waals surface area contributed by atoms with Gasteiger partial charge in [0.1, 0.15) is 0 Å². The smallest absolute Gasteiger partial charge is 0.306 e. The molecule has 1 aliphatic rings. The van der Waals surface area contributed by atoms with Crippen molar-refractivity contribution < 1.29 is 19.5 Å². The van der Waals surface area contributed by atoms with Crippen molar-refractivity contribution in [2.24, 2.45) is 11.1 Å². The third-order valence-corrected chi connectivity index (χ3v) is 3.15. The minimum atomic E-state index is -0.452. The van der Waals surface area contributed by atoms with Crippen molar-refractivity contribution in [1.29, 1.82) is 0 Å². The fraction of sp³-hybridized carbons (Fsp3) is 0.357. The van der Waals surface area contributed by atoms with Crippen molar-refractivity contribution in [2.75, 3.05) is 18.1 Å². The summed E-state index contributed by atoms with van der Waals surface area (Å²) in [5.41, 5.74) is 0.715. The number of benzene rings is 1. The van der Waals surface area contributed by atoms with Crippen LogP contribution in [0.2, 0.25) is 0 Å². The molecule has 6 heteroatoms. The highest BCUT2D eigenvalue weighted by molar-refractivity contribution is 6.46. The minimum Gasteiger partial charge on any atom is -0.466 e. The third-order valence-electron chi connectivity index (χ3n) is 3.15. The van der Waals surface area contributed by atoms with E-state index in [1.807, 2.05) is 18.2 Å². The molecule has 0 spiro atoms. The first-order chi connectivity index (χ1) is 9.67. The highest BCUT2D eigenvalue weighted by Crippen LogP contribution is 2.25. The first-order valence-corrected chi connectivity index (χ1v) is 6.41. The topological polar surface area (TPSA) is 79.2 Å². The summed E-state index contributed by atoms with van der Waals surface area (Å²) in [4.78, 5) is 25.2. The lowest BCUT2D eigenvalue weighted by Crippen LogP contribution is -2.26. The molecule has 0 radical (unpaired) electrons. The average Bonchev–Trinajstić information content (AvgIpc) is 2.76. The summed E-state index contributed by atoms with van der Waals surface area (Å²) in [7, 11) is 0. The molecular formula is C14H16N2O4. The molecule has 6 nitrogen and oxygen atoms in total. The molecule has 106 valence electrons. The van der Waals surface area contributed by atoms with Gasteiger partial charge in [0.05, 0.1) is 13.0 Å². The molecule has 1 amide bonds. The molecule has 0 bridgehead atoms. The molecule has 0 aromatic heterocycles. The van der Waals surface area contributed by atoms with E-state index in [9.17, 15) is 9.59 Å². The van der Waals surface area contributed by atoms with Gasteiger partial charge in [-0.2, -0.15) is 0 Å². The van der Waals surface area contributed by atoms with Gasteiger partial charge >= 0.3 is 5.97 Å². The molecular weight excluding hydrogens is 260 g/mol. The second kappa shape index (κ2) is 6.18. The molecule has 0 saturated carbocycles. The summed E-state index contributed by atoms with van der Waals surface area (Å²) >= 11 is 0. The number of anilines is 1. The minimum absolute atomic E-state index is 0.00176. The van der Waals surface area contributed by atoms with E-state index in [1.54, 1.807) is 19.1 Å². The predicted molar refractivity (Wildman–Crippen MR) is 72.8 cm³/mol. The van der Waals surface area contributed by atoms with Crippen LogP contribution in [0.5, 0.6) is 0 Å². The SMILES string of the molecule is CCOC(=O)CC1CN(c2ccccc2)C(=O)/C1=N/O. The highest BCUT2D eigenvalue weighted by Gasteiger charge is 2.39. The van der Waals surface area contributed by atoms with Gasteiger partial charge in [-0.3, -0.25) is 9.59 Å². The lowest BCUT2D eigenvalue weighted by atomic mass is 10.0. The Hall–Kier alpha value is -2.37. The Kier molecular flexibility index (Phi) is 4.34. The van der Waals surface area contributed by atoms with Crippen LogP contribution in [0.3, 0.4) is 0 Å². The van der Waals surface area contributed by atoms with E-state index >= 15 is 0 Å². The maximum absolute atomic E-state index is 12.2. The Morgan fingerprint density at radius 2 is 2.15 bits per heavy atom. The highest BCUT2D eigenvalue weighted by atomic mass is 16.5. The number of amides is 1. The van der Waals surface area contributed by atoms with Gasteiger partial charge in [-0.25, -0.2) is 0 Å². The van der Waals surface area contributed by atoms with E-state index < -0.39 is 11.9 Å². The summed E-state index contributed by atoms with van der Waals surface area (Å²) in [5.74, 6) is -1.24. The van der Waals surface area contributed by atoms with Crippen LogP contribution in [-0.2, 0) is 14.3 Å².